The summed E-state index contributed by atoms with van der Waals surface area (Å²) in [6, 6.07) is 11.4. The van der Waals surface area contributed by atoms with E-state index in [1.165, 1.54) is 30.7 Å². The Hall–Kier alpha value is -3.41. The van der Waals surface area contributed by atoms with Gasteiger partial charge >= 0.3 is 0 Å². The number of nitrogens with one attached hydrogen (secondary N) is 1. The van der Waals surface area contributed by atoms with Crippen LogP contribution in [0.2, 0.25) is 0 Å². The van der Waals surface area contributed by atoms with Crippen LogP contribution >= 0.6 is 0 Å². The lowest BCUT2D eigenvalue weighted by Gasteiger charge is -2.08. The van der Waals surface area contributed by atoms with E-state index in [4.69, 9.17) is 9.15 Å². The van der Waals surface area contributed by atoms with Crippen molar-refractivity contribution < 1.29 is 18.3 Å². The van der Waals surface area contributed by atoms with Crippen LogP contribution in [0, 0.1) is 5.82 Å². The molecule has 0 saturated carbocycles. The van der Waals surface area contributed by atoms with Gasteiger partial charge in [0.15, 0.2) is 11.6 Å². The zero-order valence-corrected chi connectivity index (χ0v) is 13.2. The third-order valence-corrected chi connectivity index (χ3v) is 3.27. The summed E-state index contributed by atoms with van der Waals surface area (Å²) in [5, 5.41) is 2.67. The van der Waals surface area contributed by atoms with Crippen molar-refractivity contribution in [1.82, 2.24) is 10.3 Å². The van der Waals surface area contributed by atoms with Gasteiger partial charge in [-0.2, -0.15) is 0 Å². The second kappa shape index (κ2) is 7.92. The van der Waals surface area contributed by atoms with E-state index in [2.05, 4.69) is 10.3 Å². The average Bonchev–Trinajstić information content (AvgIpc) is 3.15. The minimum atomic E-state index is -0.512. The molecule has 0 aliphatic carbocycles. The highest BCUT2D eigenvalue weighted by Crippen LogP contribution is 2.24. The normalized spacial score (nSPS) is 10.8. The molecule has 0 fully saturated rings. The second-order valence-corrected chi connectivity index (χ2v) is 5.12. The molecule has 2 aromatic heterocycles. The predicted molar refractivity (Wildman–Crippen MR) is 90.3 cm³/mol. The summed E-state index contributed by atoms with van der Waals surface area (Å²) in [6.45, 7) is 0.200. The molecule has 6 heteroatoms. The van der Waals surface area contributed by atoms with Crippen molar-refractivity contribution in [2.75, 3.05) is 0 Å². The standard InChI is InChI=1S/C19H15FN2O3/c20-17-11-14(5-7-18(17)25-16-3-1-9-21-13-16)12-22-19(23)8-6-15-4-2-10-24-15/h1-11,13H,12H2,(H,22,23). The first-order chi connectivity index (χ1) is 12.2. The SMILES string of the molecule is O=C(C=Cc1ccco1)NCc1ccc(Oc2cccnc2)c(F)c1. The minimum absolute atomic E-state index is 0.0980. The number of amides is 1. The molecule has 2 heterocycles. The summed E-state index contributed by atoms with van der Waals surface area (Å²) in [5.74, 6) is 0.318. The Morgan fingerprint density at radius 1 is 1.28 bits per heavy atom. The number of pyridine rings is 1. The van der Waals surface area contributed by atoms with E-state index in [-0.39, 0.29) is 18.2 Å². The van der Waals surface area contributed by atoms with Gasteiger partial charge in [0.1, 0.15) is 11.5 Å². The summed E-state index contributed by atoms with van der Waals surface area (Å²) in [5.41, 5.74) is 0.621. The Labute approximate surface area is 143 Å². The third kappa shape index (κ3) is 4.78. The van der Waals surface area contributed by atoms with E-state index in [1.54, 1.807) is 42.6 Å². The number of rotatable bonds is 6. The average molecular weight is 338 g/mol. The summed E-state index contributed by atoms with van der Waals surface area (Å²) < 4.78 is 24.6. The van der Waals surface area contributed by atoms with E-state index in [0.29, 0.717) is 17.1 Å². The number of benzene rings is 1. The Balaban J connectivity index is 1.56. The maximum atomic E-state index is 14.1. The van der Waals surface area contributed by atoms with Gasteiger partial charge in [0.05, 0.1) is 12.5 Å². The number of hydrogen-bond acceptors (Lipinski definition) is 4. The molecule has 0 bridgehead atoms. The molecular formula is C19H15FN2O3. The molecular weight excluding hydrogens is 323 g/mol. The Morgan fingerprint density at radius 3 is 2.92 bits per heavy atom. The number of hydrogen-bond donors (Lipinski definition) is 1. The molecule has 3 aromatic rings. The van der Waals surface area contributed by atoms with E-state index >= 15 is 0 Å². The number of carbonyl (C=O) groups excluding carboxylic acids is 1. The molecule has 0 unspecified atom stereocenters. The minimum Gasteiger partial charge on any atom is -0.465 e. The monoisotopic (exact) mass is 338 g/mol. The molecule has 0 aliphatic rings. The highest BCUT2D eigenvalue weighted by molar-refractivity contribution is 5.91. The van der Waals surface area contributed by atoms with Gasteiger partial charge in [-0.25, -0.2) is 4.39 Å². The lowest BCUT2D eigenvalue weighted by molar-refractivity contribution is -0.116. The van der Waals surface area contributed by atoms with E-state index in [1.807, 2.05) is 0 Å². The van der Waals surface area contributed by atoms with Crippen LogP contribution in [0.3, 0.4) is 0 Å². The van der Waals surface area contributed by atoms with Gasteiger partial charge in [-0.05, 0) is 48.0 Å². The topological polar surface area (TPSA) is 64.4 Å². The van der Waals surface area contributed by atoms with Gasteiger partial charge < -0.3 is 14.5 Å². The summed E-state index contributed by atoms with van der Waals surface area (Å²) in [4.78, 5) is 15.6. The zero-order chi connectivity index (χ0) is 17.5. The number of nitrogens with zero attached hydrogens (tertiary/aromatic N) is 1. The highest BCUT2D eigenvalue weighted by atomic mass is 19.1. The molecule has 1 N–H and O–H groups in total. The molecule has 5 nitrogen and oxygen atoms in total. The van der Waals surface area contributed by atoms with Crippen molar-refractivity contribution in [3.05, 3.63) is 84.3 Å². The number of halogens is 1. The molecule has 0 atom stereocenters. The molecule has 0 aliphatic heterocycles. The van der Waals surface area contributed by atoms with Crippen molar-refractivity contribution in [3.63, 3.8) is 0 Å². The molecule has 126 valence electrons. The van der Waals surface area contributed by atoms with Gasteiger partial charge in [-0.15, -0.1) is 0 Å². The number of carbonyl (C=O) groups is 1. The van der Waals surface area contributed by atoms with Crippen LogP contribution in [0.4, 0.5) is 4.39 Å². The molecule has 3 rings (SSSR count). The maximum absolute atomic E-state index is 14.1. The van der Waals surface area contributed by atoms with E-state index in [0.717, 1.165) is 0 Å². The first kappa shape index (κ1) is 16.4. The fourth-order valence-electron chi connectivity index (χ4n) is 2.06. The number of aromatic nitrogens is 1. The van der Waals surface area contributed by atoms with Gasteiger partial charge in [-0.1, -0.05) is 6.07 Å². The Bertz CT molecular complexity index is 862. The lowest BCUT2D eigenvalue weighted by atomic mass is 10.2. The molecule has 25 heavy (non-hydrogen) atoms. The molecule has 1 amide bonds. The highest BCUT2D eigenvalue weighted by Gasteiger charge is 2.07. The first-order valence-electron chi connectivity index (χ1n) is 7.56. The van der Waals surface area contributed by atoms with Gasteiger partial charge in [0.2, 0.25) is 5.91 Å². The van der Waals surface area contributed by atoms with Gasteiger partial charge in [0.25, 0.3) is 0 Å². The molecule has 0 spiro atoms. The van der Waals surface area contributed by atoms with Crippen molar-refractivity contribution in [2.24, 2.45) is 0 Å². The van der Waals surface area contributed by atoms with Crippen LogP contribution in [0.1, 0.15) is 11.3 Å². The maximum Gasteiger partial charge on any atom is 0.244 e. The Kier molecular flexibility index (Phi) is 5.21. The summed E-state index contributed by atoms with van der Waals surface area (Å²) >= 11 is 0. The van der Waals surface area contributed by atoms with Gasteiger partial charge in [0, 0.05) is 18.8 Å². The zero-order valence-electron chi connectivity index (χ0n) is 13.2. The second-order valence-electron chi connectivity index (χ2n) is 5.12. The fourth-order valence-corrected chi connectivity index (χ4v) is 2.06. The summed E-state index contributed by atoms with van der Waals surface area (Å²) in [7, 11) is 0. The third-order valence-electron chi connectivity index (χ3n) is 3.27. The van der Waals surface area contributed by atoms with Crippen LogP contribution in [-0.2, 0) is 11.3 Å². The first-order valence-corrected chi connectivity index (χ1v) is 7.56. The van der Waals surface area contributed by atoms with Crippen LogP contribution in [0.5, 0.6) is 11.5 Å². The number of furan rings is 1. The van der Waals surface area contributed by atoms with Crippen LogP contribution in [0.25, 0.3) is 6.08 Å². The number of ether oxygens (including phenoxy) is 1. The molecule has 0 radical (unpaired) electrons. The van der Waals surface area contributed by atoms with Crippen molar-refractivity contribution >= 4 is 12.0 Å². The van der Waals surface area contributed by atoms with Crippen LogP contribution in [-0.4, -0.2) is 10.9 Å². The molecule has 0 saturated heterocycles. The quantitative estimate of drug-likeness (QED) is 0.692. The molecule has 1 aromatic carbocycles. The van der Waals surface area contributed by atoms with Gasteiger partial charge in [-0.3, -0.25) is 9.78 Å². The van der Waals surface area contributed by atoms with Crippen LogP contribution < -0.4 is 10.1 Å². The fraction of sp³-hybridized carbons (Fsp3) is 0.0526. The smallest absolute Gasteiger partial charge is 0.244 e. The summed E-state index contributed by atoms with van der Waals surface area (Å²) in [6.07, 6.45) is 7.54. The van der Waals surface area contributed by atoms with Crippen molar-refractivity contribution in [1.29, 1.82) is 0 Å². The van der Waals surface area contributed by atoms with Crippen LogP contribution in [0.15, 0.2) is 71.6 Å². The Morgan fingerprint density at radius 2 is 2.20 bits per heavy atom. The van der Waals surface area contributed by atoms with Crippen molar-refractivity contribution in [3.8, 4) is 11.5 Å². The van der Waals surface area contributed by atoms with E-state index < -0.39 is 5.82 Å². The largest absolute Gasteiger partial charge is 0.465 e. The predicted octanol–water partition coefficient (Wildman–Crippen LogP) is 3.94. The van der Waals surface area contributed by atoms with E-state index in [9.17, 15) is 9.18 Å². The lowest BCUT2D eigenvalue weighted by Crippen LogP contribution is -2.20. The van der Waals surface area contributed by atoms with Crippen molar-refractivity contribution in [2.45, 2.75) is 6.54 Å².